The van der Waals surface area contributed by atoms with Crippen LogP contribution in [0.2, 0.25) is 0 Å². The first-order valence-corrected chi connectivity index (χ1v) is 7.44. The molecule has 0 aliphatic carbocycles. The molecule has 0 radical (unpaired) electrons. The third-order valence-corrected chi connectivity index (χ3v) is 3.82. The first-order valence-electron chi connectivity index (χ1n) is 7.44. The van der Waals surface area contributed by atoms with Gasteiger partial charge in [-0.05, 0) is 37.1 Å². The van der Waals surface area contributed by atoms with E-state index in [-0.39, 0.29) is 11.8 Å². The van der Waals surface area contributed by atoms with Crippen molar-refractivity contribution in [3.8, 4) is 11.8 Å². The lowest BCUT2D eigenvalue weighted by molar-refractivity contribution is -0.126. The highest BCUT2D eigenvalue weighted by molar-refractivity contribution is 5.78. The molecule has 21 heavy (non-hydrogen) atoms. The summed E-state index contributed by atoms with van der Waals surface area (Å²) < 4.78 is 0. The average molecular weight is 285 g/mol. The molecule has 2 rings (SSSR count). The second-order valence-corrected chi connectivity index (χ2v) is 5.39. The average Bonchev–Trinajstić information content (AvgIpc) is 2.53. The van der Waals surface area contributed by atoms with Crippen molar-refractivity contribution in [1.29, 1.82) is 0 Å². The number of benzene rings is 1. The van der Waals surface area contributed by atoms with Gasteiger partial charge < -0.3 is 11.1 Å². The Morgan fingerprint density at radius 1 is 1.43 bits per heavy atom. The maximum atomic E-state index is 11.7. The summed E-state index contributed by atoms with van der Waals surface area (Å²) in [7, 11) is 1.71. The van der Waals surface area contributed by atoms with Gasteiger partial charge in [-0.2, -0.15) is 0 Å². The summed E-state index contributed by atoms with van der Waals surface area (Å²) >= 11 is 0. The van der Waals surface area contributed by atoms with E-state index in [0.29, 0.717) is 6.54 Å². The maximum Gasteiger partial charge on any atom is 0.224 e. The van der Waals surface area contributed by atoms with Gasteiger partial charge in [0, 0.05) is 25.7 Å². The number of nitrogens with one attached hydrogen (secondary N) is 1. The molecule has 1 amide bonds. The van der Waals surface area contributed by atoms with Crippen LogP contribution in [0, 0.1) is 17.8 Å². The monoisotopic (exact) mass is 285 g/mol. The first kappa shape index (κ1) is 15.6. The Balaban J connectivity index is 1.93. The summed E-state index contributed by atoms with van der Waals surface area (Å²) in [5, 5.41) is 2.76. The zero-order valence-corrected chi connectivity index (χ0v) is 12.6. The summed E-state index contributed by atoms with van der Waals surface area (Å²) in [5.74, 6) is 6.16. The van der Waals surface area contributed by atoms with E-state index < -0.39 is 0 Å². The molecule has 0 bridgehead atoms. The van der Waals surface area contributed by atoms with Crippen molar-refractivity contribution in [3.63, 3.8) is 0 Å². The van der Waals surface area contributed by atoms with Crippen molar-refractivity contribution >= 4 is 5.91 Å². The van der Waals surface area contributed by atoms with E-state index in [1.165, 1.54) is 5.56 Å². The van der Waals surface area contributed by atoms with Crippen molar-refractivity contribution in [3.05, 3.63) is 35.4 Å². The maximum absolute atomic E-state index is 11.7. The Morgan fingerprint density at radius 3 is 2.86 bits per heavy atom. The number of carbonyl (C=O) groups is 1. The number of likely N-dealkylation sites (tertiary alicyclic amines) is 1. The minimum atomic E-state index is 0.124. The SMILES string of the molecule is CNC(=O)C1CCCN(Cc2ccc(C#CCN)cc2)C1. The third kappa shape index (κ3) is 4.59. The van der Waals surface area contributed by atoms with Gasteiger partial charge in [0.15, 0.2) is 0 Å². The summed E-state index contributed by atoms with van der Waals surface area (Å²) in [6.07, 6.45) is 2.07. The Hall–Kier alpha value is -1.83. The van der Waals surface area contributed by atoms with Crippen molar-refractivity contribution < 1.29 is 4.79 Å². The summed E-state index contributed by atoms with van der Waals surface area (Å²) in [5.41, 5.74) is 7.61. The molecular weight excluding hydrogens is 262 g/mol. The minimum absolute atomic E-state index is 0.124. The lowest BCUT2D eigenvalue weighted by Gasteiger charge is -2.31. The molecule has 0 saturated carbocycles. The van der Waals surface area contributed by atoms with Crippen molar-refractivity contribution in [2.24, 2.45) is 11.7 Å². The zero-order chi connectivity index (χ0) is 15.1. The van der Waals surface area contributed by atoms with Crippen LogP contribution in [0.1, 0.15) is 24.0 Å². The van der Waals surface area contributed by atoms with E-state index in [2.05, 4.69) is 34.2 Å². The molecule has 1 saturated heterocycles. The second kappa shape index (κ2) is 7.82. The Kier molecular flexibility index (Phi) is 5.79. The van der Waals surface area contributed by atoms with Crippen LogP contribution in [0.3, 0.4) is 0 Å². The van der Waals surface area contributed by atoms with Gasteiger partial charge in [0.05, 0.1) is 12.5 Å². The molecule has 1 unspecified atom stereocenters. The van der Waals surface area contributed by atoms with E-state index in [1.54, 1.807) is 7.05 Å². The van der Waals surface area contributed by atoms with Crippen LogP contribution < -0.4 is 11.1 Å². The zero-order valence-electron chi connectivity index (χ0n) is 12.6. The lowest BCUT2D eigenvalue weighted by atomic mass is 9.96. The predicted octanol–water partition coefficient (Wildman–Crippen LogP) is 0.955. The molecule has 1 fully saturated rings. The third-order valence-electron chi connectivity index (χ3n) is 3.82. The van der Waals surface area contributed by atoms with Gasteiger partial charge >= 0.3 is 0 Å². The van der Waals surface area contributed by atoms with E-state index >= 15 is 0 Å². The first-order chi connectivity index (χ1) is 10.2. The second-order valence-electron chi connectivity index (χ2n) is 5.39. The molecule has 1 aromatic rings. The molecule has 0 aromatic heterocycles. The van der Waals surface area contributed by atoms with Gasteiger partial charge in [0.25, 0.3) is 0 Å². The molecule has 4 heteroatoms. The number of nitrogens with two attached hydrogens (primary N) is 1. The van der Waals surface area contributed by atoms with Crippen molar-refractivity contribution in [2.75, 3.05) is 26.7 Å². The highest BCUT2D eigenvalue weighted by Crippen LogP contribution is 2.18. The highest BCUT2D eigenvalue weighted by atomic mass is 16.1. The fraction of sp³-hybridized carbons (Fsp3) is 0.471. The van der Waals surface area contributed by atoms with Gasteiger partial charge in [-0.3, -0.25) is 9.69 Å². The van der Waals surface area contributed by atoms with E-state index in [4.69, 9.17) is 5.73 Å². The molecular formula is C17H23N3O. The number of hydrogen-bond donors (Lipinski definition) is 2. The Morgan fingerprint density at radius 2 is 2.19 bits per heavy atom. The van der Waals surface area contributed by atoms with Crippen LogP contribution in [0.15, 0.2) is 24.3 Å². The standard InChI is InChI=1S/C17H23N3O/c1-19-17(21)16-5-3-11-20(13-16)12-15-8-6-14(7-9-15)4-2-10-18/h6-9,16H,3,5,10-13,18H2,1H3,(H,19,21). The normalized spacial score (nSPS) is 18.7. The van der Waals surface area contributed by atoms with Gasteiger partial charge in [0.1, 0.15) is 0 Å². The predicted molar refractivity (Wildman–Crippen MR) is 84.4 cm³/mol. The topological polar surface area (TPSA) is 58.4 Å². The number of nitrogens with zero attached hydrogens (tertiary/aromatic N) is 1. The number of amides is 1. The number of piperidine rings is 1. The smallest absolute Gasteiger partial charge is 0.224 e. The Labute approximate surface area is 126 Å². The molecule has 4 nitrogen and oxygen atoms in total. The van der Waals surface area contributed by atoms with Gasteiger partial charge in [0.2, 0.25) is 5.91 Å². The summed E-state index contributed by atoms with van der Waals surface area (Å²) in [6.45, 7) is 3.17. The molecule has 1 heterocycles. The molecule has 1 aliphatic heterocycles. The van der Waals surface area contributed by atoms with E-state index in [9.17, 15) is 4.79 Å². The van der Waals surface area contributed by atoms with Crippen molar-refractivity contribution in [2.45, 2.75) is 19.4 Å². The van der Waals surface area contributed by atoms with Crippen LogP contribution in [-0.4, -0.2) is 37.5 Å². The lowest BCUT2D eigenvalue weighted by Crippen LogP contribution is -2.41. The van der Waals surface area contributed by atoms with Gasteiger partial charge in [-0.15, -0.1) is 0 Å². The fourth-order valence-electron chi connectivity index (χ4n) is 2.72. The molecule has 1 atom stereocenters. The number of rotatable bonds is 3. The van der Waals surface area contributed by atoms with Crippen molar-refractivity contribution in [1.82, 2.24) is 10.2 Å². The largest absolute Gasteiger partial charge is 0.359 e. The Bertz CT molecular complexity index is 527. The highest BCUT2D eigenvalue weighted by Gasteiger charge is 2.24. The van der Waals surface area contributed by atoms with E-state index in [1.807, 2.05) is 12.1 Å². The van der Waals surface area contributed by atoms with Gasteiger partial charge in [-0.1, -0.05) is 24.0 Å². The minimum Gasteiger partial charge on any atom is -0.359 e. The molecule has 112 valence electrons. The number of hydrogen-bond acceptors (Lipinski definition) is 3. The van der Waals surface area contributed by atoms with Crippen LogP contribution in [0.25, 0.3) is 0 Å². The van der Waals surface area contributed by atoms with Crippen LogP contribution in [0.4, 0.5) is 0 Å². The van der Waals surface area contributed by atoms with Gasteiger partial charge in [-0.25, -0.2) is 0 Å². The molecule has 1 aliphatic rings. The number of carbonyl (C=O) groups excluding carboxylic acids is 1. The molecule has 1 aromatic carbocycles. The quantitative estimate of drug-likeness (QED) is 0.813. The van der Waals surface area contributed by atoms with Crippen LogP contribution in [-0.2, 0) is 11.3 Å². The summed E-state index contributed by atoms with van der Waals surface area (Å²) in [4.78, 5) is 14.1. The molecule has 3 N–H and O–H groups in total. The van der Waals surface area contributed by atoms with Crippen LogP contribution in [0.5, 0.6) is 0 Å². The fourth-order valence-corrected chi connectivity index (χ4v) is 2.72. The summed E-state index contributed by atoms with van der Waals surface area (Å²) in [6, 6.07) is 8.25. The van der Waals surface area contributed by atoms with Crippen LogP contribution >= 0.6 is 0 Å². The molecule has 0 spiro atoms. The van der Waals surface area contributed by atoms with E-state index in [0.717, 1.165) is 38.0 Å².